The molecule has 0 saturated heterocycles. The van der Waals surface area contributed by atoms with E-state index in [2.05, 4.69) is 15.8 Å². The summed E-state index contributed by atoms with van der Waals surface area (Å²) in [6.07, 6.45) is 1.46. The minimum Gasteiger partial charge on any atom is -0.493 e. The summed E-state index contributed by atoms with van der Waals surface area (Å²) >= 11 is 0. The molecule has 0 unspecified atom stereocenters. The first-order valence-electron chi connectivity index (χ1n) is 10.7. The van der Waals surface area contributed by atoms with Crippen LogP contribution in [0, 0.1) is 6.92 Å². The van der Waals surface area contributed by atoms with Gasteiger partial charge < -0.3 is 24.3 Å². The van der Waals surface area contributed by atoms with E-state index >= 15 is 0 Å². The molecular formula is C26H27N3O6. The number of hydrazone groups is 1. The van der Waals surface area contributed by atoms with Gasteiger partial charge in [0.25, 0.3) is 11.8 Å². The molecule has 35 heavy (non-hydrogen) atoms. The van der Waals surface area contributed by atoms with Gasteiger partial charge in [-0.25, -0.2) is 5.43 Å². The summed E-state index contributed by atoms with van der Waals surface area (Å²) in [6.45, 7) is 1.51. The highest BCUT2D eigenvalue weighted by Crippen LogP contribution is 2.28. The average Bonchev–Trinajstić information content (AvgIpc) is 2.88. The van der Waals surface area contributed by atoms with Crippen molar-refractivity contribution < 1.29 is 28.5 Å². The number of anilines is 1. The van der Waals surface area contributed by atoms with Gasteiger partial charge in [0.05, 0.1) is 20.4 Å². The maximum Gasteiger partial charge on any atom is 0.277 e. The monoisotopic (exact) mass is 477 g/mol. The van der Waals surface area contributed by atoms with Crippen molar-refractivity contribution in [1.82, 2.24) is 5.43 Å². The Morgan fingerprint density at radius 2 is 1.43 bits per heavy atom. The van der Waals surface area contributed by atoms with E-state index < -0.39 is 5.91 Å². The molecule has 0 aliphatic rings. The fourth-order valence-corrected chi connectivity index (χ4v) is 3.02. The van der Waals surface area contributed by atoms with E-state index in [0.717, 1.165) is 11.3 Å². The van der Waals surface area contributed by atoms with Crippen LogP contribution in [0.5, 0.6) is 23.0 Å². The smallest absolute Gasteiger partial charge is 0.277 e. The van der Waals surface area contributed by atoms with Gasteiger partial charge in [-0.05, 0) is 54.4 Å². The lowest BCUT2D eigenvalue weighted by atomic mass is 10.2. The summed E-state index contributed by atoms with van der Waals surface area (Å²) in [4.78, 5) is 24.2. The molecule has 0 heterocycles. The number of hydrogen-bond acceptors (Lipinski definition) is 7. The number of hydrogen-bond donors (Lipinski definition) is 2. The van der Waals surface area contributed by atoms with Crippen molar-refractivity contribution in [2.45, 2.75) is 6.92 Å². The van der Waals surface area contributed by atoms with Crippen LogP contribution in [0.3, 0.4) is 0 Å². The third kappa shape index (κ3) is 7.50. The normalized spacial score (nSPS) is 10.5. The first-order valence-corrected chi connectivity index (χ1v) is 10.7. The standard InChI is InChI=1S/C26H27N3O6/c1-18-8-4-5-9-20(18)28-25(30)16-34-23-13-12-19(14-24(23)33-3)15-27-29-26(31)17-35-22-11-7-6-10-21(22)32-2/h4-15H,16-17H2,1-3H3,(H,28,30)(H,29,31)/b27-15+. The van der Waals surface area contributed by atoms with E-state index in [1.807, 2.05) is 31.2 Å². The Morgan fingerprint density at radius 3 is 2.14 bits per heavy atom. The van der Waals surface area contributed by atoms with Crippen molar-refractivity contribution in [1.29, 1.82) is 0 Å². The molecule has 0 atom stereocenters. The minimum absolute atomic E-state index is 0.180. The molecule has 182 valence electrons. The first kappa shape index (κ1) is 25.1. The molecule has 0 fully saturated rings. The van der Waals surface area contributed by atoms with Gasteiger partial charge in [0.1, 0.15) is 0 Å². The molecule has 0 aromatic heterocycles. The number of para-hydroxylation sites is 3. The van der Waals surface area contributed by atoms with Gasteiger partial charge in [0.2, 0.25) is 0 Å². The second-order valence-electron chi connectivity index (χ2n) is 7.29. The summed E-state index contributed by atoms with van der Waals surface area (Å²) in [5.74, 6) is 1.10. The zero-order chi connectivity index (χ0) is 25.0. The van der Waals surface area contributed by atoms with Crippen molar-refractivity contribution in [3.63, 3.8) is 0 Å². The van der Waals surface area contributed by atoms with Gasteiger partial charge >= 0.3 is 0 Å². The molecule has 0 bridgehead atoms. The molecule has 3 rings (SSSR count). The van der Waals surface area contributed by atoms with E-state index in [0.29, 0.717) is 28.6 Å². The number of carbonyl (C=O) groups excluding carboxylic acids is 2. The van der Waals surface area contributed by atoms with Gasteiger partial charge in [0, 0.05) is 5.69 Å². The van der Waals surface area contributed by atoms with Gasteiger partial charge in [0.15, 0.2) is 36.2 Å². The molecule has 9 nitrogen and oxygen atoms in total. The van der Waals surface area contributed by atoms with Crippen LogP contribution in [0.15, 0.2) is 71.8 Å². The van der Waals surface area contributed by atoms with Crippen molar-refractivity contribution in [2.75, 3.05) is 32.8 Å². The third-order valence-electron chi connectivity index (χ3n) is 4.80. The minimum atomic E-state index is -0.432. The van der Waals surface area contributed by atoms with Crippen LogP contribution in [0.1, 0.15) is 11.1 Å². The van der Waals surface area contributed by atoms with E-state index in [4.69, 9.17) is 18.9 Å². The molecule has 3 aromatic rings. The lowest BCUT2D eigenvalue weighted by Gasteiger charge is -2.12. The van der Waals surface area contributed by atoms with Gasteiger partial charge in [-0.2, -0.15) is 5.10 Å². The van der Waals surface area contributed by atoms with Crippen molar-refractivity contribution in [2.24, 2.45) is 5.10 Å². The van der Waals surface area contributed by atoms with Crippen LogP contribution in [0.4, 0.5) is 5.69 Å². The lowest BCUT2D eigenvalue weighted by molar-refractivity contribution is -0.123. The molecular weight excluding hydrogens is 450 g/mol. The predicted octanol–water partition coefficient (Wildman–Crippen LogP) is 3.56. The Kier molecular flexibility index (Phi) is 9.07. The Labute approximate surface area is 203 Å². The third-order valence-corrected chi connectivity index (χ3v) is 4.80. The summed E-state index contributed by atoms with van der Waals surface area (Å²) in [5.41, 5.74) is 4.75. The molecule has 0 spiro atoms. The average molecular weight is 478 g/mol. The number of amides is 2. The quantitative estimate of drug-likeness (QED) is 0.323. The van der Waals surface area contributed by atoms with Gasteiger partial charge in [-0.15, -0.1) is 0 Å². The fraction of sp³-hybridized carbons (Fsp3) is 0.192. The second-order valence-corrected chi connectivity index (χ2v) is 7.29. The number of nitrogens with one attached hydrogen (secondary N) is 2. The van der Waals surface area contributed by atoms with Crippen molar-refractivity contribution >= 4 is 23.7 Å². The SMILES string of the molecule is COc1ccccc1OCC(=O)N/N=C/c1ccc(OCC(=O)Nc2ccccc2C)c(OC)c1. The maximum absolute atomic E-state index is 12.2. The summed E-state index contributed by atoms with van der Waals surface area (Å²) in [6, 6.07) is 19.6. The summed E-state index contributed by atoms with van der Waals surface area (Å²) in [7, 11) is 3.02. The predicted molar refractivity (Wildman–Crippen MR) is 133 cm³/mol. The number of benzene rings is 3. The number of methoxy groups -OCH3 is 2. The summed E-state index contributed by atoms with van der Waals surface area (Å²) < 4.78 is 21.6. The molecule has 2 amide bonds. The zero-order valence-electron chi connectivity index (χ0n) is 19.7. The molecule has 3 aromatic carbocycles. The molecule has 0 aliphatic carbocycles. The Hall–Kier alpha value is -4.53. The number of nitrogens with zero attached hydrogens (tertiary/aromatic N) is 1. The number of carbonyl (C=O) groups is 2. The van der Waals surface area contributed by atoms with Crippen LogP contribution in [-0.4, -0.2) is 45.5 Å². The van der Waals surface area contributed by atoms with Crippen LogP contribution < -0.4 is 29.7 Å². The Morgan fingerprint density at radius 1 is 0.800 bits per heavy atom. The second kappa shape index (κ2) is 12.6. The van der Waals surface area contributed by atoms with Crippen LogP contribution >= 0.6 is 0 Å². The molecule has 0 saturated carbocycles. The molecule has 0 aliphatic heterocycles. The van der Waals surface area contributed by atoms with E-state index in [9.17, 15) is 9.59 Å². The maximum atomic E-state index is 12.2. The number of aryl methyl sites for hydroxylation is 1. The van der Waals surface area contributed by atoms with Crippen molar-refractivity contribution in [3.8, 4) is 23.0 Å². The van der Waals surface area contributed by atoms with E-state index in [-0.39, 0.29) is 19.1 Å². The van der Waals surface area contributed by atoms with Crippen LogP contribution in [0.2, 0.25) is 0 Å². The molecule has 9 heteroatoms. The number of rotatable bonds is 11. The van der Waals surface area contributed by atoms with Gasteiger partial charge in [-0.3, -0.25) is 9.59 Å². The van der Waals surface area contributed by atoms with Crippen molar-refractivity contribution in [3.05, 3.63) is 77.9 Å². The highest BCUT2D eigenvalue weighted by Gasteiger charge is 2.10. The zero-order valence-corrected chi connectivity index (χ0v) is 19.7. The van der Waals surface area contributed by atoms with Crippen LogP contribution in [-0.2, 0) is 9.59 Å². The lowest BCUT2D eigenvalue weighted by Crippen LogP contribution is -2.24. The first-order chi connectivity index (χ1) is 17.0. The topological polar surface area (TPSA) is 107 Å². The molecule has 0 radical (unpaired) electrons. The Bertz CT molecular complexity index is 1200. The number of ether oxygens (including phenoxy) is 4. The van der Waals surface area contributed by atoms with Gasteiger partial charge in [-0.1, -0.05) is 30.3 Å². The highest BCUT2D eigenvalue weighted by atomic mass is 16.5. The largest absolute Gasteiger partial charge is 0.493 e. The van der Waals surface area contributed by atoms with Crippen LogP contribution in [0.25, 0.3) is 0 Å². The molecule has 2 N–H and O–H groups in total. The highest BCUT2D eigenvalue weighted by molar-refractivity contribution is 5.92. The van der Waals surface area contributed by atoms with E-state index in [1.54, 1.807) is 42.5 Å². The fourth-order valence-electron chi connectivity index (χ4n) is 3.02. The van der Waals surface area contributed by atoms with E-state index in [1.165, 1.54) is 20.4 Å². The Balaban J connectivity index is 1.50. The summed E-state index contributed by atoms with van der Waals surface area (Å²) in [5, 5.41) is 6.75.